The summed E-state index contributed by atoms with van der Waals surface area (Å²) in [6.45, 7) is 7.59. The van der Waals surface area contributed by atoms with Gasteiger partial charge in [0.15, 0.2) is 6.10 Å². The molecule has 0 aromatic heterocycles. The van der Waals surface area contributed by atoms with Gasteiger partial charge in [0.1, 0.15) is 23.3 Å². The average Bonchev–Trinajstić information content (AvgIpc) is 2.95. The number of carbonyl (C=O) groups excluding carboxylic acids is 2. The molecular formula is C32H48N4O8. The fraction of sp³-hybridized carbons (Fsp3) is 0.531. The van der Waals surface area contributed by atoms with Gasteiger partial charge in [-0.1, -0.05) is 38.2 Å². The maximum Gasteiger partial charge on any atom is 0.405 e. The second kappa shape index (κ2) is 17.0. The molecule has 0 saturated heterocycles. The van der Waals surface area contributed by atoms with E-state index in [9.17, 15) is 24.9 Å². The Morgan fingerprint density at radius 1 is 1.20 bits per heavy atom. The van der Waals surface area contributed by atoms with Gasteiger partial charge in [-0.2, -0.15) is 0 Å². The van der Waals surface area contributed by atoms with Gasteiger partial charge < -0.3 is 45.5 Å². The third-order valence-electron chi connectivity index (χ3n) is 7.47. The van der Waals surface area contributed by atoms with E-state index in [1.165, 1.54) is 26.4 Å². The highest BCUT2D eigenvalue weighted by atomic mass is 16.6. The lowest BCUT2D eigenvalue weighted by atomic mass is 9.87. The van der Waals surface area contributed by atoms with Crippen LogP contribution in [0.2, 0.25) is 0 Å². The zero-order valence-electron chi connectivity index (χ0n) is 26.9. The second-order valence-corrected chi connectivity index (χ2v) is 11.5. The summed E-state index contributed by atoms with van der Waals surface area (Å²) < 4.78 is 16.7. The Morgan fingerprint density at radius 2 is 1.89 bits per heavy atom. The Morgan fingerprint density at radius 3 is 2.48 bits per heavy atom. The van der Waals surface area contributed by atoms with E-state index in [1.807, 2.05) is 32.8 Å². The van der Waals surface area contributed by atoms with Crippen molar-refractivity contribution in [2.24, 2.45) is 22.6 Å². The topological polar surface area (TPSA) is 176 Å². The molecule has 1 aromatic rings. The molecule has 12 heteroatoms. The zero-order valence-corrected chi connectivity index (χ0v) is 26.9. The molecular weight excluding hydrogens is 568 g/mol. The van der Waals surface area contributed by atoms with Gasteiger partial charge in [0.25, 0.3) is 5.91 Å². The first-order valence-corrected chi connectivity index (χ1v) is 14.5. The molecule has 2 bridgehead atoms. The largest absolute Gasteiger partial charge is 0.506 e. The normalized spacial score (nSPS) is 25.9. The van der Waals surface area contributed by atoms with E-state index in [4.69, 9.17) is 19.9 Å². The number of aliphatic hydroxyl groups excluding tert-OH is 1. The third-order valence-corrected chi connectivity index (χ3v) is 7.47. The van der Waals surface area contributed by atoms with Crippen LogP contribution in [0.15, 0.2) is 46.5 Å². The minimum absolute atomic E-state index is 0.0253. The Labute approximate surface area is 259 Å². The fourth-order valence-electron chi connectivity index (χ4n) is 5.03. The van der Waals surface area contributed by atoms with Gasteiger partial charge in [-0.15, -0.1) is 0 Å². The molecule has 2 rings (SSSR count). The number of phenolic OH excluding ortho intramolecular Hbond substituents is 2. The van der Waals surface area contributed by atoms with E-state index in [-0.39, 0.29) is 40.8 Å². The first kappa shape index (κ1) is 36.5. The number of aliphatic hydroxyl groups is 1. The van der Waals surface area contributed by atoms with Crippen molar-refractivity contribution in [2.75, 3.05) is 40.2 Å². The Kier molecular flexibility index (Phi) is 14.1. The molecule has 6 N–H and O–H groups in total. The predicted molar refractivity (Wildman–Crippen MR) is 170 cm³/mol. The number of rotatable bonds is 6. The smallest absolute Gasteiger partial charge is 0.405 e. The lowest BCUT2D eigenvalue weighted by Gasteiger charge is -2.29. The van der Waals surface area contributed by atoms with Crippen LogP contribution in [0.5, 0.6) is 11.5 Å². The standard InChI is InChI=1S/C32H48N4O8/c1-18-14-22-27(34-12-13-36(5)6)24(37)17-23(29(22)39)35-31(40)19(2)10-9-11-25(42-7)30(44-32(33)41)21(4)16-20(3)28(38)26(15-18)43-8/h9-12,16-18,20,25-26,28,30,37-39H,13-15H2,1-8H3,(H2,33,41)(H,35,40)/t18-,20+,25?,26?,28-,30?/m1/s1. The quantitative estimate of drug-likeness (QED) is 0.138. The molecule has 6 atom stereocenters. The molecule has 0 spiro atoms. The highest BCUT2D eigenvalue weighted by Crippen LogP contribution is 2.44. The van der Waals surface area contributed by atoms with Crippen molar-refractivity contribution < 1.29 is 39.1 Å². The van der Waals surface area contributed by atoms with Crippen molar-refractivity contribution in [1.82, 2.24) is 4.90 Å². The Balaban J connectivity index is 2.69. The van der Waals surface area contributed by atoms with E-state index in [2.05, 4.69) is 10.3 Å². The van der Waals surface area contributed by atoms with Crippen molar-refractivity contribution in [3.8, 4) is 11.5 Å². The van der Waals surface area contributed by atoms with Crippen molar-refractivity contribution in [2.45, 2.75) is 65.0 Å². The van der Waals surface area contributed by atoms with Gasteiger partial charge >= 0.3 is 6.09 Å². The number of carbonyl (C=O) groups is 2. The number of ether oxygens (including phenoxy) is 3. The van der Waals surface area contributed by atoms with Crippen LogP contribution in [0.25, 0.3) is 0 Å². The van der Waals surface area contributed by atoms with Crippen LogP contribution in [-0.4, -0.2) is 97.7 Å². The highest BCUT2D eigenvalue weighted by molar-refractivity contribution is 6.04. The number of allylic oxidation sites excluding steroid dienone is 2. The third kappa shape index (κ3) is 10.2. The summed E-state index contributed by atoms with van der Waals surface area (Å²) in [5.41, 5.74) is 6.82. The molecule has 244 valence electrons. The van der Waals surface area contributed by atoms with Crippen LogP contribution in [0, 0.1) is 11.8 Å². The number of aliphatic imine (C=N–C) groups is 1. The highest BCUT2D eigenvalue weighted by Gasteiger charge is 2.30. The zero-order chi connectivity index (χ0) is 33.1. The summed E-state index contributed by atoms with van der Waals surface area (Å²) in [5, 5.41) is 36.2. The number of methoxy groups -OCH3 is 2. The molecule has 12 nitrogen and oxygen atoms in total. The SMILES string of the molecule is COC1C=CC=C(C)C(=O)Nc2cc(O)c(N=CCN(C)C)c(c2O)C[C@@H](C)CC(OC)[C@H](O)[C@@H](C)C=C(C)C1OC(N)=O. The first-order chi connectivity index (χ1) is 20.7. The van der Waals surface area contributed by atoms with Gasteiger partial charge in [0.2, 0.25) is 0 Å². The number of nitrogens with one attached hydrogen (secondary N) is 1. The number of fused-ring (bicyclic) bond motifs is 2. The van der Waals surface area contributed by atoms with Gasteiger partial charge in [-0.05, 0) is 52.3 Å². The van der Waals surface area contributed by atoms with E-state index >= 15 is 0 Å². The molecule has 0 saturated carbocycles. The van der Waals surface area contributed by atoms with Crippen molar-refractivity contribution in [1.29, 1.82) is 0 Å². The molecule has 1 aromatic carbocycles. The monoisotopic (exact) mass is 616 g/mol. The lowest BCUT2D eigenvalue weighted by molar-refractivity contribution is -0.112. The summed E-state index contributed by atoms with van der Waals surface area (Å²) in [5.74, 6) is -1.53. The number of phenols is 2. The number of primary amides is 1. The van der Waals surface area contributed by atoms with Crippen molar-refractivity contribution >= 4 is 29.6 Å². The number of anilines is 1. The van der Waals surface area contributed by atoms with Gasteiger partial charge in [-0.25, -0.2) is 4.79 Å². The van der Waals surface area contributed by atoms with Crippen LogP contribution in [0.4, 0.5) is 16.2 Å². The summed E-state index contributed by atoms with van der Waals surface area (Å²) in [4.78, 5) is 31.2. The minimum Gasteiger partial charge on any atom is -0.506 e. The van der Waals surface area contributed by atoms with Gasteiger partial charge in [0.05, 0.1) is 17.9 Å². The number of nitrogens with zero attached hydrogens (tertiary/aromatic N) is 2. The number of hydrogen-bond acceptors (Lipinski definition) is 10. The fourth-order valence-corrected chi connectivity index (χ4v) is 5.03. The number of aromatic hydroxyl groups is 2. The average molecular weight is 617 g/mol. The van der Waals surface area contributed by atoms with Crippen LogP contribution in [0.1, 0.15) is 39.7 Å². The molecule has 2 amide bonds. The molecule has 1 aliphatic rings. The first-order valence-electron chi connectivity index (χ1n) is 14.5. The molecule has 3 unspecified atom stereocenters. The van der Waals surface area contributed by atoms with Crippen LogP contribution in [0.3, 0.4) is 0 Å². The summed E-state index contributed by atoms with van der Waals surface area (Å²) in [6.07, 6.45) is 4.57. The van der Waals surface area contributed by atoms with Crippen LogP contribution < -0.4 is 11.1 Å². The van der Waals surface area contributed by atoms with Crippen LogP contribution >= 0.6 is 0 Å². The summed E-state index contributed by atoms with van der Waals surface area (Å²) >= 11 is 0. The van der Waals surface area contributed by atoms with Crippen molar-refractivity contribution in [3.05, 3.63) is 47.1 Å². The van der Waals surface area contributed by atoms with Gasteiger partial charge in [0, 0.05) is 50.1 Å². The lowest BCUT2D eigenvalue weighted by Crippen LogP contribution is -2.37. The molecule has 1 aliphatic heterocycles. The Bertz CT molecular complexity index is 1270. The molecule has 0 aliphatic carbocycles. The number of amides is 2. The van der Waals surface area contributed by atoms with E-state index in [0.717, 1.165) is 0 Å². The maximum absolute atomic E-state index is 13.1. The molecule has 0 radical (unpaired) electrons. The van der Waals surface area contributed by atoms with E-state index < -0.39 is 42.3 Å². The van der Waals surface area contributed by atoms with E-state index in [1.54, 1.807) is 38.3 Å². The maximum atomic E-state index is 13.1. The molecule has 0 fully saturated rings. The number of hydrogen-bond donors (Lipinski definition) is 5. The number of benzene rings is 1. The minimum atomic E-state index is -0.991. The summed E-state index contributed by atoms with van der Waals surface area (Å²) in [7, 11) is 6.71. The second-order valence-electron chi connectivity index (χ2n) is 11.5. The number of nitrogens with two attached hydrogens (primary N) is 1. The van der Waals surface area contributed by atoms with Gasteiger partial charge in [-0.3, -0.25) is 9.79 Å². The van der Waals surface area contributed by atoms with Crippen LogP contribution in [-0.2, 0) is 25.4 Å². The van der Waals surface area contributed by atoms with Crippen molar-refractivity contribution in [3.63, 3.8) is 0 Å². The molecule has 44 heavy (non-hydrogen) atoms. The summed E-state index contributed by atoms with van der Waals surface area (Å²) in [6, 6.07) is 1.26. The molecule has 1 heterocycles. The van der Waals surface area contributed by atoms with E-state index in [0.29, 0.717) is 24.1 Å². The Hall–Kier alpha value is -3.71. The predicted octanol–water partition coefficient (Wildman–Crippen LogP) is 3.82.